The van der Waals surface area contributed by atoms with Gasteiger partial charge < -0.3 is 53.4 Å². The van der Waals surface area contributed by atoms with Gasteiger partial charge in [0.05, 0.1) is 23.7 Å². The number of thioether (sulfide) groups is 2. The van der Waals surface area contributed by atoms with Gasteiger partial charge in [-0.1, -0.05) is 0 Å². The number of carbonyl (C=O) groups is 9. The lowest BCUT2D eigenvalue weighted by Crippen LogP contribution is -2.59. The fourth-order valence-corrected chi connectivity index (χ4v) is 8.38. The largest absolute Gasteiger partial charge is 0.456 e. The molecule has 0 aliphatic carbocycles. The minimum absolute atomic E-state index is 0.139. The predicted molar refractivity (Wildman–Crippen MR) is 209 cm³/mol. The molecule has 20 nitrogen and oxygen atoms in total. The SMILES string of the molecule is CC(=O)O[C@@H]1[C@@H](OC(C)=O)[C@H](C)O[C@@H](SCC(=O)NCCCN(CCCNC(=O)CS[C@@H]2O[C@@H](C)[C@H](OC(C)=O)[C@@H](OC(C)=O)[C@H]2OC(C)=O)C(=O)CCl)[C@@H]1OC(C)=O. The molecule has 2 N–H and O–H groups in total. The Balaban J connectivity index is 1.86. The number of hydrogen-bond acceptors (Lipinski definition) is 19. The summed E-state index contributed by atoms with van der Waals surface area (Å²) in [5, 5.41) is 5.50. The summed E-state index contributed by atoms with van der Waals surface area (Å²) in [6.45, 7) is 11.0. The first-order chi connectivity index (χ1) is 27.7. The van der Waals surface area contributed by atoms with E-state index in [0.29, 0.717) is 12.8 Å². The van der Waals surface area contributed by atoms with E-state index in [2.05, 4.69) is 10.6 Å². The van der Waals surface area contributed by atoms with Crippen LogP contribution in [0.2, 0.25) is 0 Å². The Bertz CT molecular complexity index is 1410. The quantitative estimate of drug-likeness (QED) is 0.0693. The molecule has 0 aromatic heterocycles. The fourth-order valence-electron chi connectivity index (χ4n) is 6.07. The monoisotopic (exact) mass is 899 g/mol. The number of carbonyl (C=O) groups excluding carboxylic acids is 9. The lowest BCUT2D eigenvalue weighted by molar-refractivity contribution is -0.229. The van der Waals surface area contributed by atoms with Gasteiger partial charge in [0.1, 0.15) is 16.8 Å². The van der Waals surface area contributed by atoms with Gasteiger partial charge in [-0.05, 0) is 26.7 Å². The molecule has 334 valence electrons. The van der Waals surface area contributed by atoms with Gasteiger partial charge in [0.25, 0.3) is 0 Å². The van der Waals surface area contributed by atoms with Crippen molar-refractivity contribution in [3.63, 3.8) is 0 Å². The van der Waals surface area contributed by atoms with Crippen LogP contribution in [0.25, 0.3) is 0 Å². The average Bonchev–Trinajstić information content (AvgIpc) is 3.13. The van der Waals surface area contributed by atoms with Crippen molar-refractivity contribution < 1.29 is 81.0 Å². The van der Waals surface area contributed by atoms with E-state index in [9.17, 15) is 43.2 Å². The molecule has 0 aromatic rings. The number of ether oxygens (including phenoxy) is 8. The van der Waals surface area contributed by atoms with Crippen molar-refractivity contribution in [3.05, 3.63) is 0 Å². The topological polar surface area (TPSA) is 255 Å². The second kappa shape index (κ2) is 25.7. The highest BCUT2D eigenvalue weighted by Crippen LogP contribution is 2.35. The molecule has 10 atom stereocenters. The molecule has 2 aliphatic heterocycles. The summed E-state index contributed by atoms with van der Waals surface area (Å²) in [5.41, 5.74) is -1.90. The molecule has 2 fully saturated rings. The maximum atomic E-state index is 12.8. The van der Waals surface area contributed by atoms with Crippen molar-refractivity contribution in [3.8, 4) is 0 Å². The Morgan fingerprint density at radius 1 is 0.525 bits per heavy atom. The zero-order chi connectivity index (χ0) is 44.4. The van der Waals surface area contributed by atoms with E-state index >= 15 is 0 Å². The molecule has 0 aromatic carbocycles. The smallest absolute Gasteiger partial charge is 0.303 e. The highest BCUT2D eigenvalue weighted by atomic mass is 35.5. The van der Waals surface area contributed by atoms with E-state index in [1.807, 2.05) is 0 Å². The van der Waals surface area contributed by atoms with Crippen molar-refractivity contribution in [2.45, 2.75) is 128 Å². The summed E-state index contributed by atoms with van der Waals surface area (Å²) in [4.78, 5) is 111. The van der Waals surface area contributed by atoms with Gasteiger partial charge in [-0.15, -0.1) is 35.1 Å². The lowest BCUT2D eigenvalue weighted by atomic mass is 10.00. The molecule has 3 amide bonds. The summed E-state index contributed by atoms with van der Waals surface area (Å²) in [7, 11) is 0. The van der Waals surface area contributed by atoms with Gasteiger partial charge in [0.15, 0.2) is 36.6 Å². The first-order valence-electron chi connectivity index (χ1n) is 18.7. The summed E-state index contributed by atoms with van der Waals surface area (Å²) >= 11 is 7.82. The molecular formula is C36H54ClN3O17S2. The fraction of sp³-hybridized carbons (Fsp3) is 0.750. The zero-order valence-corrected chi connectivity index (χ0v) is 36.6. The molecule has 0 spiro atoms. The third kappa shape index (κ3) is 18.1. The van der Waals surface area contributed by atoms with E-state index in [4.69, 9.17) is 49.5 Å². The summed E-state index contributed by atoms with van der Waals surface area (Å²) in [6.07, 6.45) is -7.70. The maximum absolute atomic E-state index is 12.8. The van der Waals surface area contributed by atoms with E-state index in [1.54, 1.807) is 13.8 Å². The number of rotatable bonds is 21. The average molecular weight is 900 g/mol. The summed E-state index contributed by atoms with van der Waals surface area (Å²) in [5.74, 6) is -5.82. The van der Waals surface area contributed by atoms with Crippen molar-refractivity contribution >= 4 is 88.7 Å². The molecule has 2 saturated heterocycles. The minimum atomic E-state index is -1.19. The number of nitrogens with zero attached hydrogens (tertiary/aromatic N) is 1. The highest BCUT2D eigenvalue weighted by Gasteiger charge is 2.52. The van der Waals surface area contributed by atoms with Gasteiger partial charge >= 0.3 is 35.8 Å². The first-order valence-corrected chi connectivity index (χ1v) is 21.3. The van der Waals surface area contributed by atoms with Crippen LogP contribution < -0.4 is 10.6 Å². The molecule has 2 rings (SSSR count). The van der Waals surface area contributed by atoms with Crippen LogP contribution in [-0.4, -0.2) is 162 Å². The standard InChI is InChI=1S/C36H54ClN3O17S2/c1-18-29(52-20(3)41)31(54-22(5)43)33(56-24(7)45)35(50-18)58-16-26(47)38-11-9-13-40(28(49)15-37)14-10-12-39-27(48)17-59-36-34(57-25(8)46)32(55-23(6)44)30(19(2)51-36)53-21(4)42/h18-19,29-36H,9-17H2,1-8H3,(H,38,47)(H,39,48)/t18-,19-,29-,30-,31+,32+,33+,34+,35-,36-/m0/s1. The van der Waals surface area contributed by atoms with Crippen molar-refractivity contribution in [1.29, 1.82) is 0 Å². The molecular weight excluding hydrogens is 846 g/mol. The molecule has 2 heterocycles. The van der Waals surface area contributed by atoms with E-state index < -0.39 is 107 Å². The molecule has 0 radical (unpaired) electrons. The number of nitrogens with one attached hydrogen (secondary N) is 2. The first kappa shape index (κ1) is 51.3. The highest BCUT2D eigenvalue weighted by molar-refractivity contribution is 8.00. The number of hydrogen-bond donors (Lipinski definition) is 2. The van der Waals surface area contributed by atoms with Crippen molar-refractivity contribution in [2.24, 2.45) is 0 Å². The summed E-state index contributed by atoms with van der Waals surface area (Å²) in [6, 6.07) is 0. The number of halogens is 1. The molecule has 2 aliphatic rings. The number of amides is 3. The third-order valence-corrected chi connectivity index (χ3v) is 10.8. The van der Waals surface area contributed by atoms with Crippen LogP contribution in [0.4, 0.5) is 0 Å². The number of esters is 6. The molecule has 23 heteroatoms. The van der Waals surface area contributed by atoms with Crippen LogP contribution in [0.1, 0.15) is 68.2 Å². The van der Waals surface area contributed by atoms with Crippen LogP contribution in [0.15, 0.2) is 0 Å². The van der Waals surface area contributed by atoms with Crippen LogP contribution in [0.5, 0.6) is 0 Å². The van der Waals surface area contributed by atoms with Crippen molar-refractivity contribution in [2.75, 3.05) is 43.6 Å². The second-order valence-electron chi connectivity index (χ2n) is 13.4. The van der Waals surface area contributed by atoms with Gasteiger partial charge in [-0.3, -0.25) is 43.2 Å². The molecule has 0 unspecified atom stereocenters. The van der Waals surface area contributed by atoms with Crippen LogP contribution >= 0.6 is 35.1 Å². The van der Waals surface area contributed by atoms with Crippen LogP contribution in [0.3, 0.4) is 0 Å². The normalized spacial score (nSPS) is 26.3. The second-order valence-corrected chi connectivity index (χ2v) is 15.8. The molecule has 0 bridgehead atoms. The van der Waals surface area contributed by atoms with Crippen molar-refractivity contribution in [1.82, 2.24) is 15.5 Å². The Hall–Kier alpha value is -3.86. The third-order valence-electron chi connectivity index (χ3n) is 8.35. The molecule has 0 saturated carbocycles. The van der Waals surface area contributed by atoms with Crippen LogP contribution in [0, 0.1) is 0 Å². The lowest BCUT2D eigenvalue weighted by Gasteiger charge is -2.43. The minimum Gasteiger partial charge on any atom is -0.456 e. The van der Waals surface area contributed by atoms with E-state index in [0.717, 1.165) is 51.2 Å². The Kier molecular flexibility index (Phi) is 22.3. The van der Waals surface area contributed by atoms with Gasteiger partial charge in [-0.25, -0.2) is 0 Å². The van der Waals surface area contributed by atoms with Gasteiger partial charge in [0.2, 0.25) is 17.7 Å². The zero-order valence-electron chi connectivity index (χ0n) is 34.2. The molecule has 59 heavy (non-hydrogen) atoms. The Morgan fingerprint density at radius 3 is 1.14 bits per heavy atom. The van der Waals surface area contributed by atoms with Crippen LogP contribution in [-0.2, 0) is 81.0 Å². The Morgan fingerprint density at radius 2 is 0.831 bits per heavy atom. The predicted octanol–water partition coefficient (Wildman–Crippen LogP) is 0.613. The van der Waals surface area contributed by atoms with E-state index in [1.165, 1.54) is 18.7 Å². The van der Waals surface area contributed by atoms with Gasteiger partial charge in [-0.2, -0.15) is 0 Å². The Labute approximate surface area is 355 Å². The summed E-state index contributed by atoms with van der Waals surface area (Å²) < 4.78 is 44.0. The van der Waals surface area contributed by atoms with Gasteiger partial charge in [0, 0.05) is 67.7 Å². The maximum Gasteiger partial charge on any atom is 0.303 e. The number of alkyl halides is 1. The van der Waals surface area contributed by atoms with E-state index in [-0.39, 0.29) is 49.5 Å².